The predicted molar refractivity (Wildman–Crippen MR) is 47.2 cm³/mol. The van der Waals surface area contributed by atoms with Crippen LogP contribution in [0.4, 0.5) is 8.78 Å². The summed E-state index contributed by atoms with van der Waals surface area (Å²) in [4.78, 5) is 0. The third-order valence-electron chi connectivity index (χ3n) is 1.79. The quantitative estimate of drug-likeness (QED) is 0.747. The first kappa shape index (κ1) is 9.86. The van der Waals surface area contributed by atoms with Crippen molar-refractivity contribution in [3.05, 3.63) is 41.0 Å². The Hall–Kier alpha value is -1.22. The van der Waals surface area contributed by atoms with Crippen molar-refractivity contribution >= 4 is 6.08 Å². The Morgan fingerprint density at radius 3 is 2.54 bits per heavy atom. The number of rotatable bonds is 2. The third kappa shape index (κ3) is 2.12. The van der Waals surface area contributed by atoms with Gasteiger partial charge in [0.1, 0.15) is 11.6 Å². The lowest BCUT2D eigenvalue weighted by molar-refractivity contribution is 0.343. The maximum absolute atomic E-state index is 13.1. The average Bonchev–Trinajstić information content (AvgIpc) is 2.12. The molecule has 1 nitrogen and oxygen atoms in total. The number of aliphatic hydroxyl groups is 1. The molecule has 0 spiro atoms. The zero-order valence-electron chi connectivity index (χ0n) is 7.22. The highest BCUT2D eigenvalue weighted by Gasteiger charge is 2.06. The van der Waals surface area contributed by atoms with Crippen molar-refractivity contribution in [2.24, 2.45) is 0 Å². The van der Waals surface area contributed by atoms with Gasteiger partial charge in [-0.3, -0.25) is 0 Å². The largest absolute Gasteiger partial charge is 0.392 e. The number of benzene rings is 1. The Labute approximate surface area is 75.3 Å². The van der Waals surface area contributed by atoms with Gasteiger partial charge in [0, 0.05) is 5.56 Å². The highest BCUT2D eigenvalue weighted by molar-refractivity contribution is 5.54. The Morgan fingerprint density at radius 1 is 1.31 bits per heavy atom. The van der Waals surface area contributed by atoms with E-state index in [2.05, 4.69) is 0 Å². The molecule has 1 rings (SSSR count). The highest BCUT2D eigenvalue weighted by atomic mass is 19.1. The van der Waals surface area contributed by atoms with E-state index in [1.807, 2.05) is 0 Å². The molecule has 0 saturated carbocycles. The molecule has 0 bridgehead atoms. The summed E-state index contributed by atoms with van der Waals surface area (Å²) in [5.74, 6) is -0.928. The van der Waals surface area contributed by atoms with Crippen molar-refractivity contribution in [2.75, 3.05) is 6.61 Å². The molecule has 1 aromatic rings. The van der Waals surface area contributed by atoms with E-state index in [9.17, 15) is 8.78 Å². The molecule has 1 N–H and O–H groups in total. The topological polar surface area (TPSA) is 20.2 Å². The molecule has 0 aliphatic heterocycles. The smallest absolute Gasteiger partial charge is 0.130 e. The summed E-state index contributed by atoms with van der Waals surface area (Å²) in [5.41, 5.74) is 0.443. The van der Waals surface area contributed by atoms with Gasteiger partial charge in [-0.1, -0.05) is 12.2 Å². The van der Waals surface area contributed by atoms with E-state index in [-0.39, 0.29) is 17.7 Å². The van der Waals surface area contributed by atoms with E-state index in [0.29, 0.717) is 0 Å². The van der Waals surface area contributed by atoms with Crippen LogP contribution in [0.1, 0.15) is 11.1 Å². The van der Waals surface area contributed by atoms with Gasteiger partial charge in [0.25, 0.3) is 0 Å². The van der Waals surface area contributed by atoms with Gasteiger partial charge < -0.3 is 5.11 Å². The van der Waals surface area contributed by atoms with Crippen LogP contribution in [-0.4, -0.2) is 11.7 Å². The summed E-state index contributed by atoms with van der Waals surface area (Å²) in [7, 11) is 0. The molecule has 70 valence electrons. The van der Waals surface area contributed by atoms with Crippen LogP contribution in [-0.2, 0) is 0 Å². The maximum atomic E-state index is 13.1. The predicted octanol–water partition coefficient (Wildman–Crippen LogP) is 2.28. The van der Waals surface area contributed by atoms with Crippen LogP contribution in [0, 0.1) is 18.6 Å². The van der Waals surface area contributed by atoms with E-state index in [0.717, 1.165) is 12.1 Å². The average molecular weight is 184 g/mol. The second-order valence-corrected chi connectivity index (χ2v) is 2.65. The number of aliphatic hydroxyl groups excluding tert-OH is 1. The monoisotopic (exact) mass is 184 g/mol. The van der Waals surface area contributed by atoms with Gasteiger partial charge in [-0.2, -0.15) is 0 Å². The Bertz CT molecular complexity index is 332. The van der Waals surface area contributed by atoms with Crippen molar-refractivity contribution in [2.45, 2.75) is 6.92 Å². The first-order valence-corrected chi connectivity index (χ1v) is 3.89. The Balaban J connectivity index is 3.17. The number of halogens is 2. The van der Waals surface area contributed by atoms with Gasteiger partial charge in [0.2, 0.25) is 0 Å². The SMILES string of the molecule is Cc1c(F)ccc(F)c1/C=C\CO. The van der Waals surface area contributed by atoms with Crippen LogP contribution < -0.4 is 0 Å². The van der Waals surface area contributed by atoms with Gasteiger partial charge in [0.05, 0.1) is 6.61 Å². The maximum Gasteiger partial charge on any atom is 0.130 e. The van der Waals surface area contributed by atoms with Gasteiger partial charge in [-0.05, 0) is 24.6 Å². The molecule has 1 aromatic carbocycles. The zero-order valence-corrected chi connectivity index (χ0v) is 7.22. The van der Waals surface area contributed by atoms with Crippen molar-refractivity contribution in [3.63, 3.8) is 0 Å². The first-order valence-electron chi connectivity index (χ1n) is 3.89. The molecule has 13 heavy (non-hydrogen) atoms. The van der Waals surface area contributed by atoms with Crippen LogP contribution >= 0.6 is 0 Å². The molecule has 0 aromatic heterocycles. The van der Waals surface area contributed by atoms with Crippen molar-refractivity contribution < 1.29 is 13.9 Å². The molecule has 0 atom stereocenters. The zero-order chi connectivity index (χ0) is 9.84. The summed E-state index contributed by atoms with van der Waals surface area (Å²) in [6, 6.07) is 2.15. The van der Waals surface area contributed by atoms with Gasteiger partial charge in [-0.25, -0.2) is 8.78 Å². The first-order chi connectivity index (χ1) is 6.16. The number of hydrogen-bond donors (Lipinski definition) is 1. The summed E-state index contributed by atoms with van der Waals surface area (Å²) < 4.78 is 26.0. The van der Waals surface area contributed by atoms with E-state index in [4.69, 9.17) is 5.11 Å². The third-order valence-corrected chi connectivity index (χ3v) is 1.79. The van der Waals surface area contributed by atoms with E-state index >= 15 is 0 Å². The molecule has 0 fully saturated rings. The minimum atomic E-state index is -0.483. The lowest BCUT2D eigenvalue weighted by atomic mass is 10.1. The molecule has 0 saturated heterocycles. The van der Waals surface area contributed by atoms with Crippen LogP contribution in [0.25, 0.3) is 6.08 Å². The fraction of sp³-hybridized carbons (Fsp3) is 0.200. The van der Waals surface area contributed by atoms with Gasteiger partial charge in [-0.15, -0.1) is 0 Å². The number of hydrogen-bond acceptors (Lipinski definition) is 1. The van der Waals surface area contributed by atoms with E-state index < -0.39 is 11.6 Å². The fourth-order valence-corrected chi connectivity index (χ4v) is 1.04. The molecule has 0 aliphatic carbocycles. The summed E-state index contributed by atoms with van der Waals surface area (Å²) >= 11 is 0. The van der Waals surface area contributed by atoms with Crippen LogP contribution in [0.2, 0.25) is 0 Å². The molecule has 0 unspecified atom stereocenters. The molecule has 0 radical (unpaired) electrons. The Kier molecular flexibility index (Phi) is 3.14. The van der Waals surface area contributed by atoms with Gasteiger partial charge in [0.15, 0.2) is 0 Å². The van der Waals surface area contributed by atoms with Crippen LogP contribution in [0.3, 0.4) is 0 Å². The molecule has 0 amide bonds. The molecular formula is C10H10F2O. The van der Waals surface area contributed by atoms with E-state index in [1.165, 1.54) is 19.1 Å². The lowest BCUT2D eigenvalue weighted by Gasteiger charge is -2.02. The standard InChI is InChI=1S/C10H10F2O/c1-7-8(3-2-6-13)10(12)5-4-9(7)11/h2-5,13H,6H2,1H3/b3-2-. The van der Waals surface area contributed by atoms with E-state index in [1.54, 1.807) is 0 Å². The summed E-state index contributed by atoms with van der Waals surface area (Å²) in [6.45, 7) is 1.31. The van der Waals surface area contributed by atoms with Crippen LogP contribution in [0.5, 0.6) is 0 Å². The molecule has 0 heterocycles. The van der Waals surface area contributed by atoms with Gasteiger partial charge >= 0.3 is 0 Å². The minimum absolute atomic E-state index is 0.185. The Morgan fingerprint density at radius 2 is 1.92 bits per heavy atom. The molecule has 3 heteroatoms. The van der Waals surface area contributed by atoms with Crippen LogP contribution in [0.15, 0.2) is 18.2 Å². The molecular weight excluding hydrogens is 174 g/mol. The summed E-state index contributed by atoms with van der Waals surface area (Å²) in [5, 5.41) is 8.48. The second kappa shape index (κ2) is 4.14. The lowest BCUT2D eigenvalue weighted by Crippen LogP contribution is -1.91. The fourth-order valence-electron chi connectivity index (χ4n) is 1.04. The summed E-state index contributed by atoms with van der Waals surface area (Å²) in [6.07, 6.45) is 2.73. The van der Waals surface area contributed by atoms with Crippen molar-refractivity contribution in [1.29, 1.82) is 0 Å². The second-order valence-electron chi connectivity index (χ2n) is 2.65. The normalized spacial score (nSPS) is 11.1. The van der Waals surface area contributed by atoms with Crippen molar-refractivity contribution in [3.8, 4) is 0 Å². The highest BCUT2D eigenvalue weighted by Crippen LogP contribution is 2.17. The van der Waals surface area contributed by atoms with Crippen molar-refractivity contribution in [1.82, 2.24) is 0 Å². The molecule has 0 aliphatic rings. The minimum Gasteiger partial charge on any atom is -0.392 e.